The van der Waals surface area contributed by atoms with Crippen molar-refractivity contribution >= 4 is 12.0 Å². The first-order chi connectivity index (χ1) is 9.50. The number of aliphatic hydroxyl groups is 2. The summed E-state index contributed by atoms with van der Waals surface area (Å²) in [7, 11) is 0. The van der Waals surface area contributed by atoms with Crippen molar-refractivity contribution in [3.05, 3.63) is 35.9 Å². The Balaban J connectivity index is 1.99. The van der Waals surface area contributed by atoms with E-state index in [1.54, 1.807) is 24.3 Å². The molecule has 1 fully saturated rings. The van der Waals surface area contributed by atoms with E-state index in [1.165, 1.54) is 0 Å². The molecule has 0 aliphatic carbocycles. The third-order valence-electron chi connectivity index (χ3n) is 3.17. The van der Waals surface area contributed by atoms with Crippen molar-refractivity contribution in [1.82, 2.24) is 4.90 Å². The van der Waals surface area contributed by atoms with Gasteiger partial charge in [-0.05, 0) is 5.56 Å². The van der Waals surface area contributed by atoms with Gasteiger partial charge in [0.1, 0.15) is 24.9 Å². The van der Waals surface area contributed by atoms with Crippen molar-refractivity contribution in [3.8, 4) is 0 Å². The zero-order valence-electron chi connectivity index (χ0n) is 10.7. The Morgan fingerprint density at radius 1 is 1.30 bits per heavy atom. The topological polar surface area (TPSA) is 113 Å². The number of hydrogen-bond acceptors (Lipinski definition) is 5. The Bertz CT molecular complexity index is 493. The van der Waals surface area contributed by atoms with Gasteiger partial charge in [-0.2, -0.15) is 0 Å². The van der Waals surface area contributed by atoms with Crippen LogP contribution in [0.5, 0.6) is 0 Å². The van der Waals surface area contributed by atoms with Crippen LogP contribution in [0.3, 0.4) is 0 Å². The van der Waals surface area contributed by atoms with Crippen LogP contribution in [-0.4, -0.2) is 51.9 Å². The monoisotopic (exact) mass is 280 g/mol. The first-order valence-corrected chi connectivity index (χ1v) is 6.13. The molecule has 1 aliphatic rings. The first-order valence-electron chi connectivity index (χ1n) is 6.13. The molecular weight excluding hydrogens is 264 g/mol. The summed E-state index contributed by atoms with van der Waals surface area (Å²) in [4.78, 5) is 24.1. The van der Waals surface area contributed by atoms with Crippen LogP contribution in [0.4, 0.5) is 4.79 Å². The van der Waals surface area contributed by atoms with Crippen LogP contribution in [-0.2, 0) is 16.1 Å². The molecule has 1 aliphatic heterocycles. The molecule has 2 amide bonds. The number of carbonyl (C=O) groups is 2. The fourth-order valence-corrected chi connectivity index (χ4v) is 2.13. The lowest BCUT2D eigenvalue weighted by atomic mass is 10.1. The van der Waals surface area contributed by atoms with Gasteiger partial charge >= 0.3 is 6.09 Å². The number of ether oxygens (including phenoxy) is 1. The van der Waals surface area contributed by atoms with Gasteiger partial charge < -0.3 is 20.7 Å². The highest BCUT2D eigenvalue weighted by Crippen LogP contribution is 2.20. The minimum Gasteiger partial charge on any atom is -0.445 e. The van der Waals surface area contributed by atoms with E-state index >= 15 is 0 Å². The number of β-amino-alcohol motifs (C(OH)–C–C–N with tert-alkyl or cyclic N) is 1. The number of hydrogen-bond donors (Lipinski definition) is 3. The number of likely N-dealkylation sites (tertiary alicyclic amines) is 1. The molecule has 1 heterocycles. The quantitative estimate of drug-likeness (QED) is 0.672. The maximum atomic E-state index is 11.9. The van der Waals surface area contributed by atoms with Crippen LogP contribution < -0.4 is 5.73 Å². The van der Waals surface area contributed by atoms with Gasteiger partial charge in [0, 0.05) is 0 Å². The first kappa shape index (κ1) is 14.3. The lowest BCUT2D eigenvalue weighted by Gasteiger charge is -2.22. The fraction of sp³-hybridized carbons (Fsp3) is 0.385. The van der Waals surface area contributed by atoms with Crippen molar-refractivity contribution in [2.75, 3.05) is 6.54 Å². The van der Waals surface area contributed by atoms with Crippen LogP contribution in [0.1, 0.15) is 5.56 Å². The van der Waals surface area contributed by atoms with Crippen molar-refractivity contribution in [2.24, 2.45) is 5.73 Å². The second kappa shape index (κ2) is 5.89. The highest BCUT2D eigenvalue weighted by Gasteiger charge is 2.46. The second-order valence-electron chi connectivity index (χ2n) is 4.60. The number of amides is 2. The summed E-state index contributed by atoms with van der Waals surface area (Å²) >= 11 is 0. The Morgan fingerprint density at radius 3 is 2.55 bits per heavy atom. The lowest BCUT2D eigenvalue weighted by molar-refractivity contribution is -0.125. The van der Waals surface area contributed by atoms with E-state index in [2.05, 4.69) is 0 Å². The largest absolute Gasteiger partial charge is 0.445 e. The summed E-state index contributed by atoms with van der Waals surface area (Å²) in [6.07, 6.45) is -3.40. The summed E-state index contributed by atoms with van der Waals surface area (Å²) < 4.78 is 5.05. The average molecular weight is 280 g/mol. The molecule has 1 saturated heterocycles. The molecule has 1 aromatic rings. The molecule has 1 aromatic carbocycles. The van der Waals surface area contributed by atoms with E-state index in [1.807, 2.05) is 6.07 Å². The molecule has 4 N–H and O–H groups in total. The van der Waals surface area contributed by atoms with Crippen molar-refractivity contribution in [3.63, 3.8) is 0 Å². The molecule has 3 atom stereocenters. The maximum absolute atomic E-state index is 11.9. The predicted octanol–water partition coefficient (Wildman–Crippen LogP) is -0.785. The highest BCUT2D eigenvalue weighted by molar-refractivity contribution is 5.85. The summed E-state index contributed by atoms with van der Waals surface area (Å²) in [6, 6.07) is 7.74. The van der Waals surface area contributed by atoms with Gasteiger partial charge in [0.2, 0.25) is 5.91 Å². The van der Waals surface area contributed by atoms with Crippen LogP contribution in [0.25, 0.3) is 0 Å². The number of nitrogens with two attached hydrogens (primary N) is 1. The number of benzene rings is 1. The average Bonchev–Trinajstić information content (AvgIpc) is 2.73. The van der Waals surface area contributed by atoms with Crippen molar-refractivity contribution in [2.45, 2.75) is 24.9 Å². The zero-order chi connectivity index (χ0) is 14.7. The molecule has 0 radical (unpaired) electrons. The summed E-state index contributed by atoms with van der Waals surface area (Å²) in [6.45, 7) is -0.157. The standard InChI is InChI=1S/C13H16N2O5/c14-12(18)10-11(17)9(16)6-15(10)13(19)20-7-8-4-2-1-3-5-8/h1-5,9-11,16-17H,6-7H2,(H2,14,18). The van der Waals surface area contributed by atoms with Crippen LogP contribution in [0, 0.1) is 0 Å². The van der Waals surface area contributed by atoms with E-state index in [0.29, 0.717) is 0 Å². The molecule has 0 aromatic heterocycles. The lowest BCUT2D eigenvalue weighted by Crippen LogP contribution is -2.48. The van der Waals surface area contributed by atoms with Gasteiger partial charge in [-0.25, -0.2) is 4.79 Å². The van der Waals surface area contributed by atoms with Crippen molar-refractivity contribution < 1.29 is 24.5 Å². The predicted molar refractivity (Wildman–Crippen MR) is 68.3 cm³/mol. The van der Waals surface area contributed by atoms with Crippen LogP contribution >= 0.6 is 0 Å². The van der Waals surface area contributed by atoms with Gasteiger partial charge in [-0.3, -0.25) is 9.69 Å². The maximum Gasteiger partial charge on any atom is 0.410 e. The summed E-state index contributed by atoms with van der Waals surface area (Å²) in [5.74, 6) is -0.884. The number of carbonyl (C=O) groups excluding carboxylic acids is 2. The molecule has 2 rings (SSSR count). The number of aliphatic hydroxyl groups excluding tert-OH is 2. The molecule has 7 nitrogen and oxygen atoms in total. The smallest absolute Gasteiger partial charge is 0.410 e. The number of primary amides is 1. The minimum absolute atomic E-state index is 0.0356. The molecule has 20 heavy (non-hydrogen) atoms. The van der Waals surface area contributed by atoms with E-state index in [4.69, 9.17) is 10.5 Å². The van der Waals surface area contributed by atoms with Crippen LogP contribution in [0.15, 0.2) is 30.3 Å². The third kappa shape index (κ3) is 2.89. The molecule has 0 bridgehead atoms. The van der Waals surface area contributed by atoms with Gasteiger partial charge in [0.05, 0.1) is 6.54 Å². The van der Waals surface area contributed by atoms with E-state index in [0.717, 1.165) is 10.5 Å². The summed E-state index contributed by atoms with van der Waals surface area (Å²) in [5, 5.41) is 19.1. The number of rotatable bonds is 3. The van der Waals surface area contributed by atoms with E-state index in [-0.39, 0.29) is 13.2 Å². The molecular formula is C13H16N2O5. The fourth-order valence-electron chi connectivity index (χ4n) is 2.13. The van der Waals surface area contributed by atoms with Gasteiger partial charge in [0.25, 0.3) is 0 Å². The zero-order valence-corrected chi connectivity index (χ0v) is 10.7. The Labute approximate surface area is 115 Å². The Kier molecular flexibility index (Phi) is 4.21. The minimum atomic E-state index is -1.39. The SMILES string of the molecule is NC(=O)C1C(O)C(O)CN1C(=O)OCc1ccccc1. The highest BCUT2D eigenvalue weighted by atomic mass is 16.6. The number of nitrogens with zero attached hydrogens (tertiary/aromatic N) is 1. The van der Waals surface area contributed by atoms with Gasteiger partial charge in [-0.1, -0.05) is 30.3 Å². The third-order valence-corrected chi connectivity index (χ3v) is 3.17. The van der Waals surface area contributed by atoms with Crippen molar-refractivity contribution in [1.29, 1.82) is 0 Å². The van der Waals surface area contributed by atoms with E-state index in [9.17, 15) is 19.8 Å². The van der Waals surface area contributed by atoms with Gasteiger partial charge in [0.15, 0.2) is 0 Å². The molecule has 3 unspecified atom stereocenters. The molecule has 0 spiro atoms. The molecule has 0 saturated carbocycles. The Hall–Kier alpha value is -2.12. The molecule has 7 heteroatoms. The van der Waals surface area contributed by atoms with E-state index < -0.39 is 30.3 Å². The second-order valence-corrected chi connectivity index (χ2v) is 4.60. The normalized spacial score (nSPS) is 25.5. The van der Waals surface area contributed by atoms with Gasteiger partial charge in [-0.15, -0.1) is 0 Å². The van der Waals surface area contributed by atoms with Crippen LogP contribution in [0.2, 0.25) is 0 Å². The summed E-state index contributed by atoms with van der Waals surface area (Å²) in [5.41, 5.74) is 5.92. The Morgan fingerprint density at radius 2 is 1.95 bits per heavy atom. The molecule has 108 valence electrons.